The minimum absolute atomic E-state index is 0.00870. The molecule has 1 aliphatic heterocycles. The first kappa shape index (κ1) is 26.4. The molecule has 1 heterocycles. The average molecular weight is 463 g/mol. The number of ether oxygens (including phenoxy) is 2. The number of nitrogens with zero attached hydrogens (tertiary/aromatic N) is 2. The van der Waals surface area contributed by atoms with Crippen LogP contribution in [-0.2, 0) is 9.53 Å². The predicted molar refractivity (Wildman–Crippen MR) is 128 cm³/mol. The molecule has 0 unspecified atom stereocenters. The van der Waals surface area contributed by atoms with Crippen molar-refractivity contribution in [3.63, 3.8) is 0 Å². The van der Waals surface area contributed by atoms with Crippen molar-refractivity contribution >= 4 is 23.5 Å². The highest BCUT2D eigenvalue weighted by Crippen LogP contribution is 2.27. The zero-order valence-corrected chi connectivity index (χ0v) is 20.6. The lowest BCUT2D eigenvalue weighted by atomic mass is 10.0. The summed E-state index contributed by atoms with van der Waals surface area (Å²) in [6.07, 6.45) is 0.932. The summed E-state index contributed by atoms with van der Waals surface area (Å²) in [5, 5.41) is 5.75. The maximum atomic E-state index is 13.2. The van der Waals surface area contributed by atoms with Crippen LogP contribution in [0.5, 0.6) is 5.75 Å². The van der Waals surface area contributed by atoms with Crippen molar-refractivity contribution in [1.82, 2.24) is 15.1 Å². The van der Waals surface area contributed by atoms with Crippen molar-refractivity contribution < 1.29 is 23.9 Å². The van der Waals surface area contributed by atoms with Gasteiger partial charge in [-0.2, -0.15) is 0 Å². The lowest BCUT2D eigenvalue weighted by molar-refractivity contribution is -0.115. The molecule has 0 radical (unpaired) electrons. The first-order chi connectivity index (χ1) is 15.7. The van der Waals surface area contributed by atoms with Crippen molar-refractivity contribution in [2.24, 2.45) is 5.92 Å². The number of rotatable bonds is 5. The Hall–Kier alpha value is -2.81. The summed E-state index contributed by atoms with van der Waals surface area (Å²) >= 11 is 0. The van der Waals surface area contributed by atoms with Crippen LogP contribution in [0.1, 0.15) is 50.9 Å². The summed E-state index contributed by atoms with van der Waals surface area (Å²) in [5.74, 6) is 0.0312. The van der Waals surface area contributed by atoms with Crippen molar-refractivity contribution in [3.05, 3.63) is 23.8 Å². The fourth-order valence-electron chi connectivity index (χ4n) is 3.72. The first-order valence-electron chi connectivity index (χ1n) is 11.6. The molecule has 0 aliphatic carbocycles. The molecule has 2 rings (SSSR count). The molecule has 4 amide bonds. The molecule has 3 atom stereocenters. The van der Waals surface area contributed by atoms with Crippen molar-refractivity contribution in [1.29, 1.82) is 0 Å². The Morgan fingerprint density at radius 2 is 1.94 bits per heavy atom. The fraction of sp³-hybridized carbons (Fsp3) is 0.625. The molecule has 0 saturated carbocycles. The second-order valence-corrected chi connectivity index (χ2v) is 8.59. The molecule has 9 nitrogen and oxygen atoms in total. The minimum atomic E-state index is -0.254. The quantitative estimate of drug-likeness (QED) is 0.701. The Morgan fingerprint density at radius 1 is 1.21 bits per heavy atom. The van der Waals surface area contributed by atoms with Crippen LogP contribution < -0.4 is 15.4 Å². The standard InChI is InChI=1S/C24H38N4O5/c1-7-11-25-24(31)28-13-16(3)21(32-6)14-27(5)23(30)19-10-9-18(26-22(29)8-2)12-20(19)33-15-17(28)4/h9-10,12,16-17,21H,7-8,11,13-15H2,1-6H3,(H,25,31)(H,26,29)/t16-,17-,21-/m0/s1. The molecule has 1 aromatic rings. The largest absolute Gasteiger partial charge is 0.491 e. The number of urea groups is 1. The highest BCUT2D eigenvalue weighted by molar-refractivity contribution is 5.98. The summed E-state index contributed by atoms with van der Waals surface area (Å²) in [4.78, 5) is 41.3. The zero-order valence-electron chi connectivity index (χ0n) is 20.6. The maximum absolute atomic E-state index is 13.2. The van der Waals surface area contributed by atoms with E-state index in [9.17, 15) is 14.4 Å². The van der Waals surface area contributed by atoms with Gasteiger partial charge >= 0.3 is 6.03 Å². The topological polar surface area (TPSA) is 100 Å². The molecule has 1 aromatic carbocycles. The maximum Gasteiger partial charge on any atom is 0.317 e. The van der Waals surface area contributed by atoms with Gasteiger partial charge in [-0.15, -0.1) is 0 Å². The molecular weight excluding hydrogens is 424 g/mol. The van der Waals surface area contributed by atoms with Gasteiger partial charge in [0.15, 0.2) is 0 Å². The van der Waals surface area contributed by atoms with Gasteiger partial charge in [-0.1, -0.05) is 20.8 Å². The SMILES string of the molecule is CCCNC(=O)N1C[C@H](C)[C@@H](OC)CN(C)C(=O)c2ccc(NC(=O)CC)cc2OC[C@@H]1C. The molecular formula is C24H38N4O5. The smallest absolute Gasteiger partial charge is 0.317 e. The molecule has 0 aromatic heterocycles. The Kier molecular flexibility index (Phi) is 9.96. The average Bonchev–Trinajstić information content (AvgIpc) is 2.81. The number of nitrogens with one attached hydrogen (secondary N) is 2. The van der Waals surface area contributed by atoms with E-state index in [1.807, 2.05) is 20.8 Å². The van der Waals surface area contributed by atoms with Crippen LogP contribution in [0.2, 0.25) is 0 Å². The third kappa shape index (κ3) is 7.08. The fourth-order valence-corrected chi connectivity index (χ4v) is 3.72. The third-order valence-corrected chi connectivity index (χ3v) is 5.84. The Morgan fingerprint density at radius 3 is 2.58 bits per heavy atom. The Balaban J connectivity index is 2.42. The van der Waals surface area contributed by atoms with Gasteiger partial charge in [0.1, 0.15) is 12.4 Å². The second kappa shape index (κ2) is 12.4. The molecule has 0 fully saturated rings. The number of methoxy groups -OCH3 is 1. The van der Waals surface area contributed by atoms with E-state index in [2.05, 4.69) is 10.6 Å². The molecule has 0 saturated heterocycles. The van der Waals surface area contributed by atoms with Crippen LogP contribution in [0.4, 0.5) is 10.5 Å². The Bertz CT molecular complexity index is 831. The van der Waals surface area contributed by atoms with Crippen LogP contribution in [0.15, 0.2) is 18.2 Å². The first-order valence-corrected chi connectivity index (χ1v) is 11.6. The van der Waals surface area contributed by atoms with Crippen molar-refractivity contribution in [2.45, 2.75) is 52.7 Å². The summed E-state index contributed by atoms with van der Waals surface area (Å²) in [7, 11) is 3.34. The van der Waals surface area contributed by atoms with Gasteiger partial charge < -0.3 is 29.9 Å². The molecule has 33 heavy (non-hydrogen) atoms. The zero-order chi connectivity index (χ0) is 24.5. The summed E-state index contributed by atoms with van der Waals surface area (Å²) < 4.78 is 11.8. The summed E-state index contributed by atoms with van der Waals surface area (Å²) in [6.45, 7) is 9.31. The van der Waals surface area contributed by atoms with E-state index < -0.39 is 0 Å². The second-order valence-electron chi connectivity index (χ2n) is 8.59. The summed E-state index contributed by atoms with van der Waals surface area (Å²) in [6, 6.07) is 4.60. The number of amides is 4. The normalized spacial score (nSPS) is 21.9. The summed E-state index contributed by atoms with van der Waals surface area (Å²) in [5.41, 5.74) is 0.945. The van der Waals surface area contributed by atoms with E-state index in [4.69, 9.17) is 9.47 Å². The molecule has 0 bridgehead atoms. The van der Waals surface area contributed by atoms with E-state index in [1.165, 1.54) is 0 Å². The third-order valence-electron chi connectivity index (χ3n) is 5.84. The molecule has 2 N–H and O–H groups in total. The number of carbonyl (C=O) groups is 3. The lowest BCUT2D eigenvalue weighted by Gasteiger charge is -2.36. The number of likely N-dealkylation sites (N-methyl/N-ethyl adjacent to an activating group) is 1. The number of anilines is 1. The number of hydrogen-bond donors (Lipinski definition) is 2. The predicted octanol–water partition coefficient (Wildman–Crippen LogP) is 2.96. The van der Waals surface area contributed by atoms with Crippen LogP contribution in [-0.4, -0.2) is 80.2 Å². The molecule has 1 aliphatic rings. The van der Waals surface area contributed by atoms with E-state index in [-0.39, 0.29) is 42.5 Å². The van der Waals surface area contributed by atoms with E-state index >= 15 is 0 Å². The van der Waals surface area contributed by atoms with Gasteiger partial charge in [0.25, 0.3) is 5.91 Å². The van der Waals surface area contributed by atoms with Gasteiger partial charge in [0.05, 0.1) is 17.7 Å². The van der Waals surface area contributed by atoms with E-state index in [0.717, 1.165) is 6.42 Å². The van der Waals surface area contributed by atoms with E-state index in [0.29, 0.717) is 43.1 Å². The highest BCUT2D eigenvalue weighted by Gasteiger charge is 2.30. The molecule has 9 heteroatoms. The van der Waals surface area contributed by atoms with Gasteiger partial charge in [-0.3, -0.25) is 9.59 Å². The number of hydrogen-bond acceptors (Lipinski definition) is 5. The molecule has 0 spiro atoms. The van der Waals surface area contributed by atoms with Gasteiger partial charge in [-0.05, 0) is 25.5 Å². The van der Waals surface area contributed by atoms with Gasteiger partial charge in [0.2, 0.25) is 5.91 Å². The van der Waals surface area contributed by atoms with Gasteiger partial charge in [0, 0.05) is 57.9 Å². The van der Waals surface area contributed by atoms with E-state index in [1.54, 1.807) is 49.1 Å². The monoisotopic (exact) mass is 462 g/mol. The van der Waals surface area contributed by atoms with Gasteiger partial charge in [-0.25, -0.2) is 4.79 Å². The van der Waals surface area contributed by atoms with Crippen molar-refractivity contribution in [2.75, 3.05) is 45.7 Å². The highest BCUT2D eigenvalue weighted by atomic mass is 16.5. The minimum Gasteiger partial charge on any atom is -0.491 e. The van der Waals surface area contributed by atoms with Crippen LogP contribution in [0.3, 0.4) is 0 Å². The number of fused-ring (bicyclic) bond motifs is 1. The van der Waals surface area contributed by atoms with Crippen LogP contribution in [0.25, 0.3) is 0 Å². The number of carbonyl (C=O) groups excluding carboxylic acids is 3. The Labute approximate surface area is 196 Å². The van der Waals surface area contributed by atoms with Crippen molar-refractivity contribution in [3.8, 4) is 5.75 Å². The van der Waals surface area contributed by atoms with Crippen LogP contribution in [0, 0.1) is 5.92 Å². The van der Waals surface area contributed by atoms with Crippen LogP contribution >= 0.6 is 0 Å². The number of benzene rings is 1. The molecule has 184 valence electrons. The lowest BCUT2D eigenvalue weighted by Crippen LogP contribution is -2.51.